The number of nitrogens with one attached hydrogen (secondary N) is 1. The third-order valence-electron chi connectivity index (χ3n) is 3.48. The molecular weight excluding hydrogens is 238 g/mol. The van der Waals surface area contributed by atoms with E-state index < -0.39 is 0 Å². The molecule has 0 spiro atoms. The van der Waals surface area contributed by atoms with Crippen LogP contribution in [-0.2, 0) is 12.8 Å². The highest BCUT2D eigenvalue weighted by Gasteiger charge is 2.11. The minimum absolute atomic E-state index is 0.0793. The van der Waals surface area contributed by atoms with Crippen LogP contribution in [0.5, 0.6) is 0 Å². The molecule has 0 fully saturated rings. The second kappa shape index (κ2) is 5.36. The van der Waals surface area contributed by atoms with Gasteiger partial charge < -0.3 is 10.4 Å². The molecule has 0 unspecified atom stereocenters. The number of aryl methyl sites for hydroxylation is 2. The molecule has 19 heavy (non-hydrogen) atoms. The molecule has 2 N–H and O–H groups in total. The van der Waals surface area contributed by atoms with E-state index in [0.29, 0.717) is 12.5 Å². The topological polar surface area (TPSA) is 58.0 Å². The van der Waals surface area contributed by atoms with Crippen molar-refractivity contribution in [1.29, 1.82) is 0 Å². The Kier molecular flexibility index (Phi) is 3.42. The smallest absolute Gasteiger partial charge is 0.222 e. The molecule has 4 heteroatoms. The van der Waals surface area contributed by atoms with Gasteiger partial charge in [0.1, 0.15) is 0 Å². The lowest BCUT2D eigenvalue weighted by molar-refractivity contribution is 0.311. The molecule has 0 bridgehead atoms. The summed E-state index contributed by atoms with van der Waals surface area (Å²) in [5.74, 6) is 0.555. The summed E-state index contributed by atoms with van der Waals surface area (Å²) >= 11 is 0. The monoisotopic (exact) mass is 255 g/mol. The lowest BCUT2D eigenvalue weighted by atomic mass is 10.0. The average molecular weight is 255 g/mol. The molecule has 3 rings (SSSR count). The summed E-state index contributed by atoms with van der Waals surface area (Å²) < 4.78 is 0. The first-order valence-electron chi connectivity index (χ1n) is 6.66. The van der Waals surface area contributed by atoms with E-state index in [4.69, 9.17) is 5.11 Å². The van der Waals surface area contributed by atoms with Crippen LogP contribution in [0.2, 0.25) is 0 Å². The van der Waals surface area contributed by atoms with Crippen molar-refractivity contribution in [3.05, 3.63) is 41.7 Å². The Morgan fingerprint density at radius 2 is 1.84 bits per heavy atom. The number of benzene rings is 1. The maximum atomic E-state index is 8.73. The Labute approximate surface area is 112 Å². The van der Waals surface area contributed by atoms with Crippen molar-refractivity contribution in [2.24, 2.45) is 0 Å². The highest BCUT2D eigenvalue weighted by Crippen LogP contribution is 2.27. The van der Waals surface area contributed by atoms with E-state index in [0.717, 1.165) is 5.56 Å². The minimum atomic E-state index is 0.0793. The van der Waals surface area contributed by atoms with Gasteiger partial charge in [-0.1, -0.05) is 18.2 Å². The zero-order valence-corrected chi connectivity index (χ0v) is 10.8. The molecule has 0 amide bonds. The van der Waals surface area contributed by atoms with E-state index in [9.17, 15) is 0 Å². The predicted molar refractivity (Wildman–Crippen MR) is 75.1 cm³/mol. The van der Waals surface area contributed by atoms with Gasteiger partial charge in [0.2, 0.25) is 5.95 Å². The van der Waals surface area contributed by atoms with Crippen molar-refractivity contribution in [3.8, 4) is 11.1 Å². The van der Waals surface area contributed by atoms with Gasteiger partial charge in [-0.3, -0.25) is 0 Å². The predicted octanol–water partition coefficient (Wildman–Crippen LogP) is 2.04. The first-order chi connectivity index (χ1) is 9.36. The van der Waals surface area contributed by atoms with Crippen LogP contribution in [0.3, 0.4) is 0 Å². The highest BCUT2D eigenvalue weighted by molar-refractivity contribution is 5.64. The van der Waals surface area contributed by atoms with Crippen molar-refractivity contribution in [2.45, 2.75) is 19.3 Å². The fourth-order valence-corrected chi connectivity index (χ4v) is 2.49. The number of aliphatic hydroxyl groups excluding tert-OH is 1. The second-order valence-electron chi connectivity index (χ2n) is 4.78. The molecule has 1 aromatic carbocycles. The summed E-state index contributed by atoms with van der Waals surface area (Å²) in [5, 5.41) is 11.7. The second-order valence-corrected chi connectivity index (χ2v) is 4.78. The standard InChI is InChI=1S/C15H17N3O/c19-7-6-16-15-17-9-14(10-18-15)13-5-4-11-2-1-3-12(11)8-13/h4-5,8-10,19H,1-3,6-7H2,(H,16,17,18). The quantitative estimate of drug-likeness (QED) is 0.877. The minimum Gasteiger partial charge on any atom is -0.395 e. The zero-order chi connectivity index (χ0) is 13.1. The van der Waals surface area contributed by atoms with Crippen molar-refractivity contribution in [3.63, 3.8) is 0 Å². The van der Waals surface area contributed by atoms with Crippen LogP contribution in [0.25, 0.3) is 11.1 Å². The Balaban J connectivity index is 1.82. The molecule has 0 saturated carbocycles. The number of anilines is 1. The van der Waals surface area contributed by atoms with Crippen LogP contribution in [-0.4, -0.2) is 28.2 Å². The zero-order valence-electron chi connectivity index (χ0n) is 10.8. The lowest BCUT2D eigenvalue weighted by Gasteiger charge is -2.06. The number of hydrogen-bond acceptors (Lipinski definition) is 4. The normalized spacial score (nSPS) is 13.3. The summed E-state index contributed by atoms with van der Waals surface area (Å²) in [6.45, 7) is 0.550. The number of aliphatic hydroxyl groups is 1. The Morgan fingerprint density at radius 3 is 2.63 bits per heavy atom. The van der Waals surface area contributed by atoms with Crippen LogP contribution in [0.1, 0.15) is 17.5 Å². The van der Waals surface area contributed by atoms with Crippen LogP contribution in [0.4, 0.5) is 5.95 Å². The molecular formula is C15H17N3O. The largest absolute Gasteiger partial charge is 0.395 e. The van der Waals surface area contributed by atoms with Gasteiger partial charge in [-0.25, -0.2) is 9.97 Å². The van der Waals surface area contributed by atoms with E-state index in [1.54, 1.807) is 0 Å². The van der Waals surface area contributed by atoms with Gasteiger partial charge in [0.15, 0.2) is 0 Å². The van der Waals surface area contributed by atoms with E-state index in [-0.39, 0.29) is 6.61 Å². The summed E-state index contributed by atoms with van der Waals surface area (Å²) in [4.78, 5) is 8.51. The summed E-state index contributed by atoms with van der Waals surface area (Å²) in [6, 6.07) is 6.61. The molecule has 1 aliphatic rings. The van der Waals surface area contributed by atoms with Gasteiger partial charge in [0.05, 0.1) is 6.61 Å². The molecule has 0 aliphatic heterocycles. The number of hydrogen-bond donors (Lipinski definition) is 2. The highest BCUT2D eigenvalue weighted by atomic mass is 16.3. The third kappa shape index (κ3) is 2.58. The molecule has 0 atom stereocenters. The van der Waals surface area contributed by atoms with Gasteiger partial charge in [-0.05, 0) is 36.0 Å². The van der Waals surface area contributed by atoms with Gasteiger partial charge in [-0.15, -0.1) is 0 Å². The molecule has 98 valence electrons. The van der Waals surface area contributed by atoms with Gasteiger partial charge in [-0.2, -0.15) is 0 Å². The average Bonchev–Trinajstić information content (AvgIpc) is 2.93. The number of nitrogens with zero attached hydrogens (tertiary/aromatic N) is 2. The first kappa shape index (κ1) is 12.1. The van der Waals surface area contributed by atoms with Crippen LogP contribution in [0, 0.1) is 0 Å². The molecule has 1 heterocycles. The Morgan fingerprint density at radius 1 is 1.05 bits per heavy atom. The molecule has 1 aliphatic carbocycles. The van der Waals surface area contributed by atoms with Gasteiger partial charge in [0.25, 0.3) is 0 Å². The molecule has 2 aromatic rings. The molecule has 1 aromatic heterocycles. The van der Waals surface area contributed by atoms with E-state index >= 15 is 0 Å². The van der Waals surface area contributed by atoms with Crippen LogP contribution in [0.15, 0.2) is 30.6 Å². The maximum Gasteiger partial charge on any atom is 0.222 e. The Bertz CT molecular complexity index is 566. The summed E-state index contributed by atoms with van der Waals surface area (Å²) in [5.41, 5.74) is 5.14. The SMILES string of the molecule is OCCNc1ncc(-c2ccc3c(c2)CCC3)cn1. The summed E-state index contributed by atoms with van der Waals surface area (Å²) in [7, 11) is 0. The Hall–Kier alpha value is -1.94. The van der Waals surface area contributed by atoms with Crippen LogP contribution >= 0.6 is 0 Å². The first-order valence-corrected chi connectivity index (χ1v) is 6.66. The molecule has 0 saturated heterocycles. The van der Waals surface area contributed by atoms with E-state index in [1.807, 2.05) is 12.4 Å². The number of fused-ring (bicyclic) bond motifs is 1. The number of rotatable bonds is 4. The van der Waals surface area contributed by atoms with Crippen LogP contribution < -0.4 is 5.32 Å². The fraction of sp³-hybridized carbons (Fsp3) is 0.333. The van der Waals surface area contributed by atoms with Crippen molar-refractivity contribution < 1.29 is 5.11 Å². The maximum absolute atomic E-state index is 8.73. The number of aromatic nitrogens is 2. The van der Waals surface area contributed by atoms with Crippen molar-refractivity contribution in [1.82, 2.24) is 9.97 Å². The molecule has 4 nitrogen and oxygen atoms in total. The van der Waals surface area contributed by atoms with Gasteiger partial charge >= 0.3 is 0 Å². The van der Waals surface area contributed by atoms with E-state index in [1.165, 1.54) is 36.0 Å². The molecule has 0 radical (unpaired) electrons. The van der Waals surface area contributed by atoms with Crippen molar-refractivity contribution >= 4 is 5.95 Å². The fourth-order valence-electron chi connectivity index (χ4n) is 2.49. The summed E-state index contributed by atoms with van der Waals surface area (Å²) in [6.07, 6.45) is 7.29. The van der Waals surface area contributed by atoms with E-state index in [2.05, 4.69) is 33.5 Å². The van der Waals surface area contributed by atoms with Crippen molar-refractivity contribution in [2.75, 3.05) is 18.5 Å². The lowest BCUT2D eigenvalue weighted by Crippen LogP contribution is -2.08. The third-order valence-corrected chi connectivity index (χ3v) is 3.48. The van der Waals surface area contributed by atoms with Gasteiger partial charge in [0, 0.05) is 24.5 Å².